The molecule has 14 nitrogen and oxygen atoms in total. The maximum absolute atomic E-state index is 14.9. The summed E-state index contributed by atoms with van der Waals surface area (Å²) in [6.45, 7) is 12.0. The molecule has 0 spiro atoms. The number of rotatable bonds is 15. The van der Waals surface area contributed by atoms with Crippen LogP contribution in [0.4, 0.5) is 5.13 Å². The summed E-state index contributed by atoms with van der Waals surface area (Å²) in [7, 11) is -2.37. The van der Waals surface area contributed by atoms with Crippen molar-refractivity contribution in [3.8, 4) is 28.6 Å². The van der Waals surface area contributed by atoms with Crippen LogP contribution in [0.25, 0.3) is 22.0 Å². The van der Waals surface area contributed by atoms with Crippen molar-refractivity contribution in [2.24, 2.45) is 11.3 Å². The summed E-state index contributed by atoms with van der Waals surface area (Å²) in [5, 5.41) is 9.72. The number of benzene rings is 2. The van der Waals surface area contributed by atoms with Gasteiger partial charge in [-0.1, -0.05) is 38.4 Å². The number of fused-ring (bicyclic) bond motifs is 1. The number of pyridine rings is 1. The summed E-state index contributed by atoms with van der Waals surface area (Å²) in [5.74, 6) is -0.853. The molecule has 4 aromatic rings. The van der Waals surface area contributed by atoms with Crippen molar-refractivity contribution in [3.05, 3.63) is 71.7 Å². The topological polar surface area (TPSA) is 178 Å². The van der Waals surface area contributed by atoms with Gasteiger partial charge in [-0.05, 0) is 74.1 Å². The Kier molecular flexibility index (Phi) is 11.4. The number of hydrogen-bond acceptors (Lipinski definition) is 12. The largest absolute Gasteiger partial charge is 0.494 e. The SMILES string of the molecule is C=C[C@@H]1C[C@]1(NC(=O)[C@@H]1C[C@@H](Oc2ncc(OC)c3ccc(Cl)cc23)CN1C(=O)[C@@H](Nc1nc(-c2ccc(OCC)cc2)cs1)C(C)(C)C)C(=O)NS(=O)(=O)C1CC1. The summed E-state index contributed by atoms with van der Waals surface area (Å²) >= 11 is 7.73. The predicted molar refractivity (Wildman–Crippen MR) is 223 cm³/mol. The van der Waals surface area contributed by atoms with Crippen LogP contribution in [0.3, 0.4) is 0 Å². The third-order valence-electron chi connectivity index (χ3n) is 10.7. The number of nitrogens with one attached hydrogen (secondary N) is 3. The van der Waals surface area contributed by atoms with Crippen molar-refractivity contribution >= 4 is 66.6 Å². The summed E-state index contributed by atoms with van der Waals surface area (Å²) in [6, 6.07) is 10.9. The number of anilines is 1. The smallest absolute Gasteiger partial charge is 0.259 e. The van der Waals surface area contributed by atoms with Gasteiger partial charge in [-0.3, -0.25) is 19.1 Å². The number of hydrogen-bond donors (Lipinski definition) is 3. The number of methoxy groups -OCH3 is 1. The Balaban J connectivity index is 1.18. The number of carbonyl (C=O) groups is 3. The van der Waals surface area contributed by atoms with Crippen LogP contribution in [-0.4, -0.2) is 90.2 Å². The molecule has 7 rings (SSSR count). The van der Waals surface area contributed by atoms with Crippen LogP contribution >= 0.6 is 22.9 Å². The third-order valence-corrected chi connectivity index (χ3v) is 13.5. The number of halogens is 1. The van der Waals surface area contributed by atoms with E-state index >= 15 is 0 Å². The molecule has 1 saturated heterocycles. The van der Waals surface area contributed by atoms with E-state index < -0.39 is 68.1 Å². The number of likely N-dealkylation sites (tertiary alicyclic amines) is 1. The first kappa shape index (κ1) is 41.2. The van der Waals surface area contributed by atoms with Crippen LogP contribution < -0.4 is 29.6 Å². The first-order valence-electron chi connectivity index (χ1n) is 19.1. The van der Waals surface area contributed by atoms with Gasteiger partial charge in [-0.25, -0.2) is 18.4 Å². The van der Waals surface area contributed by atoms with E-state index in [2.05, 4.69) is 26.9 Å². The van der Waals surface area contributed by atoms with Crippen LogP contribution in [0.2, 0.25) is 5.02 Å². The normalized spacial score (nSPS) is 22.2. The van der Waals surface area contributed by atoms with Crippen LogP contribution in [0.5, 0.6) is 17.4 Å². The fourth-order valence-electron chi connectivity index (χ4n) is 7.27. The highest BCUT2D eigenvalue weighted by molar-refractivity contribution is 7.91. The Morgan fingerprint density at radius 3 is 2.52 bits per heavy atom. The molecule has 1 aliphatic heterocycles. The van der Waals surface area contributed by atoms with Crippen molar-refractivity contribution in [2.45, 2.75) is 82.4 Å². The zero-order valence-corrected chi connectivity index (χ0v) is 35.3. The van der Waals surface area contributed by atoms with E-state index in [0.29, 0.717) is 46.1 Å². The third kappa shape index (κ3) is 8.45. The second-order valence-electron chi connectivity index (χ2n) is 15.9. The molecule has 308 valence electrons. The van der Waals surface area contributed by atoms with Crippen LogP contribution in [0, 0.1) is 11.3 Å². The molecule has 2 aromatic carbocycles. The molecule has 3 aliphatic rings. The van der Waals surface area contributed by atoms with Crippen molar-refractivity contribution < 1.29 is 37.0 Å². The monoisotopic (exact) mass is 850 g/mol. The molecule has 2 aromatic heterocycles. The average Bonchev–Trinajstić information content (AvgIpc) is 4.07. The Bertz CT molecular complexity index is 2350. The predicted octanol–water partition coefficient (Wildman–Crippen LogP) is 5.96. The number of nitrogens with zero attached hydrogens (tertiary/aromatic N) is 3. The van der Waals surface area contributed by atoms with Crippen molar-refractivity contribution in [2.75, 3.05) is 25.6 Å². The lowest BCUT2D eigenvalue weighted by atomic mass is 9.85. The number of sulfonamides is 1. The van der Waals surface area contributed by atoms with Crippen LogP contribution in [-0.2, 0) is 24.4 Å². The van der Waals surface area contributed by atoms with Gasteiger partial charge in [-0.15, -0.1) is 17.9 Å². The number of aromatic nitrogens is 2. The van der Waals surface area contributed by atoms with Gasteiger partial charge < -0.3 is 29.7 Å². The first-order chi connectivity index (χ1) is 27.6. The van der Waals surface area contributed by atoms with E-state index in [-0.39, 0.29) is 25.3 Å². The lowest BCUT2D eigenvalue weighted by Gasteiger charge is -2.35. The molecule has 5 atom stereocenters. The number of carbonyl (C=O) groups excluding carboxylic acids is 3. The van der Waals surface area contributed by atoms with E-state index in [4.69, 9.17) is 30.8 Å². The molecule has 0 radical (unpaired) electrons. The minimum Gasteiger partial charge on any atom is -0.494 e. The van der Waals surface area contributed by atoms with Crippen molar-refractivity contribution in [1.29, 1.82) is 0 Å². The van der Waals surface area contributed by atoms with Gasteiger partial charge in [0, 0.05) is 39.1 Å². The van der Waals surface area contributed by atoms with Crippen molar-refractivity contribution in [1.82, 2.24) is 24.9 Å². The fourth-order valence-corrected chi connectivity index (χ4v) is 9.56. The molecular formula is C41H47ClN6O8S2. The molecular weight excluding hydrogens is 804 g/mol. The molecule has 3 N–H and O–H groups in total. The Hall–Kier alpha value is -4.93. The van der Waals surface area contributed by atoms with Gasteiger partial charge >= 0.3 is 0 Å². The van der Waals surface area contributed by atoms with Crippen LogP contribution in [0.15, 0.2) is 66.7 Å². The molecule has 3 fully saturated rings. The highest BCUT2D eigenvalue weighted by Gasteiger charge is 2.62. The fraction of sp³-hybridized carbons (Fsp3) is 0.439. The summed E-state index contributed by atoms with van der Waals surface area (Å²) in [6.07, 6.45) is 3.46. The first-order valence-corrected chi connectivity index (χ1v) is 21.9. The Morgan fingerprint density at radius 1 is 1.14 bits per heavy atom. The summed E-state index contributed by atoms with van der Waals surface area (Å²) in [4.78, 5) is 53.7. The maximum Gasteiger partial charge on any atom is 0.259 e. The van der Waals surface area contributed by atoms with Gasteiger partial charge in [0.25, 0.3) is 5.91 Å². The molecule has 3 heterocycles. The minimum atomic E-state index is -3.90. The summed E-state index contributed by atoms with van der Waals surface area (Å²) in [5.41, 5.74) is -0.617. The van der Waals surface area contributed by atoms with Gasteiger partial charge in [-0.2, -0.15) is 0 Å². The highest BCUT2D eigenvalue weighted by Crippen LogP contribution is 2.46. The van der Waals surface area contributed by atoms with Gasteiger partial charge in [0.15, 0.2) is 5.13 Å². The number of ether oxygens (including phenoxy) is 3. The second kappa shape index (κ2) is 16.0. The lowest BCUT2D eigenvalue weighted by Crippen LogP contribution is -2.58. The second-order valence-corrected chi connectivity index (χ2v) is 19.2. The molecule has 3 amide bonds. The van der Waals surface area contributed by atoms with E-state index in [1.54, 1.807) is 18.2 Å². The molecule has 0 unspecified atom stereocenters. The van der Waals surface area contributed by atoms with E-state index in [1.165, 1.54) is 35.6 Å². The maximum atomic E-state index is 14.9. The zero-order chi connectivity index (χ0) is 41.6. The Morgan fingerprint density at radius 2 is 1.88 bits per heavy atom. The van der Waals surface area contributed by atoms with Gasteiger partial charge in [0.2, 0.25) is 27.7 Å². The molecule has 58 heavy (non-hydrogen) atoms. The van der Waals surface area contributed by atoms with E-state index in [1.807, 2.05) is 57.3 Å². The molecule has 2 aliphatic carbocycles. The van der Waals surface area contributed by atoms with Crippen molar-refractivity contribution in [3.63, 3.8) is 0 Å². The standard InChI is InChI=1S/C41H47ClN6O8S2/c1-7-24-19-41(24,38(51)47-58(52,53)28-14-15-28)46-35(49)32-18-27(56-36-30-17-25(42)11-16-29(30)33(54-6)20-43-36)21-48(32)37(50)34(40(3,4)5)45-39-44-31(22-57-39)23-9-12-26(13-10-23)55-8-2/h7,9-13,16-17,20,22,24,27-28,32,34H,1,8,14-15,18-19,21H2,2-6H3,(H,44,45)(H,46,49)(H,47,51)/t24-,27-,32+,34-,41-/m1/s1. The van der Waals surface area contributed by atoms with E-state index in [0.717, 1.165) is 17.0 Å². The van der Waals surface area contributed by atoms with E-state index in [9.17, 15) is 22.8 Å². The van der Waals surface area contributed by atoms with Gasteiger partial charge in [0.05, 0.1) is 37.4 Å². The quantitative estimate of drug-likeness (QED) is 0.120. The number of thiazole rings is 1. The Labute approximate surface area is 346 Å². The number of amides is 3. The van der Waals surface area contributed by atoms with Gasteiger partial charge in [0.1, 0.15) is 35.2 Å². The van der Waals surface area contributed by atoms with Crippen LogP contribution in [0.1, 0.15) is 53.4 Å². The lowest BCUT2D eigenvalue weighted by molar-refractivity contribution is -0.141. The molecule has 17 heteroatoms. The zero-order valence-electron chi connectivity index (χ0n) is 32.9. The molecule has 0 bridgehead atoms. The average molecular weight is 851 g/mol. The minimum absolute atomic E-state index is 0.00358. The summed E-state index contributed by atoms with van der Waals surface area (Å²) < 4.78 is 45.3. The highest BCUT2D eigenvalue weighted by atomic mass is 35.5. The molecule has 2 saturated carbocycles.